The minimum absolute atomic E-state index is 0.0326. The SMILES string of the molecule is CCC1(C2CCN(C(=O)CCN3CCCCCC3=O)CC2)NC(=O)NC1=O. The molecule has 150 valence electrons. The first-order valence-corrected chi connectivity index (χ1v) is 10.2. The summed E-state index contributed by atoms with van der Waals surface area (Å²) in [5, 5.41) is 5.16. The zero-order valence-electron chi connectivity index (χ0n) is 16.1. The maximum atomic E-state index is 12.6. The number of amides is 5. The first-order chi connectivity index (χ1) is 13.0. The van der Waals surface area contributed by atoms with Crippen LogP contribution in [0.1, 0.15) is 58.3 Å². The summed E-state index contributed by atoms with van der Waals surface area (Å²) in [6.07, 6.45) is 5.90. The van der Waals surface area contributed by atoms with Gasteiger partial charge >= 0.3 is 6.03 Å². The molecule has 3 rings (SSSR count). The number of carbonyl (C=O) groups is 4. The number of piperidine rings is 1. The van der Waals surface area contributed by atoms with Gasteiger partial charge in [-0.15, -0.1) is 0 Å². The van der Waals surface area contributed by atoms with E-state index in [1.54, 1.807) is 0 Å². The molecule has 3 aliphatic heterocycles. The molecule has 8 nitrogen and oxygen atoms in total. The van der Waals surface area contributed by atoms with Crippen LogP contribution in [-0.4, -0.2) is 65.3 Å². The molecule has 0 aromatic rings. The van der Waals surface area contributed by atoms with E-state index < -0.39 is 11.6 Å². The van der Waals surface area contributed by atoms with Crippen LogP contribution in [0.4, 0.5) is 4.79 Å². The van der Waals surface area contributed by atoms with Crippen LogP contribution in [0.15, 0.2) is 0 Å². The molecule has 8 heteroatoms. The van der Waals surface area contributed by atoms with E-state index in [1.807, 2.05) is 16.7 Å². The number of likely N-dealkylation sites (tertiary alicyclic amines) is 2. The van der Waals surface area contributed by atoms with Crippen molar-refractivity contribution in [3.8, 4) is 0 Å². The van der Waals surface area contributed by atoms with Crippen LogP contribution in [0, 0.1) is 5.92 Å². The third-order valence-electron chi connectivity index (χ3n) is 6.34. The smallest absolute Gasteiger partial charge is 0.322 e. The second kappa shape index (κ2) is 8.27. The van der Waals surface area contributed by atoms with Gasteiger partial charge in [0, 0.05) is 39.0 Å². The Morgan fingerprint density at radius 1 is 1.11 bits per heavy atom. The highest BCUT2D eigenvalue weighted by atomic mass is 16.2. The zero-order valence-corrected chi connectivity index (χ0v) is 16.1. The number of rotatable bonds is 5. The molecule has 0 saturated carbocycles. The lowest BCUT2D eigenvalue weighted by atomic mass is 9.76. The van der Waals surface area contributed by atoms with Gasteiger partial charge < -0.3 is 15.1 Å². The van der Waals surface area contributed by atoms with E-state index in [4.69, 9.17) is 0 Å². The standard InChI is InChI=1S/C19H30N4O4/c1-2-19(17(26)20-18(27)21-19)14-7-11-23(12-8-14)16(25)9-13-22-10-5-3-4-6-15(22)24/h14H,2-13H2,1H3,(H2,20,21,26,27). The molecule has 0 aromatic carbocycles. The first-order valence-electron chi connectivity index (χ1n) is 10.2. The van der Waals surface area contributed by atoms with Gasteiger partial charge in [-0.2, -0.15) is 0 Å². The van der Waals surface area contributed by atoms with Crippen LogP contribution in [0.5, 0.6) is 0 Å². The lowest BCUT2D eigenvalue weighted by molar-refractivity contribution is -0.135. The van der Waals surface area contributed by atoms with Crippen LogP contribution in [0.25, 0.3) is 0 Å². The Balaban J connectivity index is 1.50. The lowest BCUT2D eigenvalue weighted by Gasteiger charge is -2.40. The molecule has 3 heterocycles. The van der Waals surface area contributed by atoms with Gasteiger partial charge in [-0.05, 0) is 38.0 Å². The van der Waals surface area contributed by atoms with Gasteiger partial charge in [-0.1, -0.05) is 13.3 Å². The second-order valence-electron chi connectivity index (χ2n) is 7.83. The highest BCUT2D eigenvalue weighted by Gasteiger charge is 2.51. The molecular weight excluding hydrogens is 348 g/mol. The Kier molecular flexibility index (Phi) is 6.01. The van der Waals surface area contributed by atoms with Gasteiger partial charge in [-0.3, -0.25) is 19.7 Å². The summed E-state index contributed by atoms with van der Waals surface area (Å²) in [4.78, 5) is 52.1. The fourth-order valence-corrected chi connectivity index (χ4v) is 4.62. The average Bonchev–Trinajstić information content (AvgIpc) is 2.82. The highest BCUT2D eigenvalue weighted by Crippen LogP contribution is 2.33. The van der Waals surface area contributed by atoms with Crippen LogP contribution in [0.2, 0.25) is 0 Å². The molecule has 0 spiro atoms. The van der Waals surface area contributed by atoms with Gasteiger partial charge in [0.25, 0.3) is 5.91 Å². The van der Waals surface area contributed by atoms with Gasteiger partial charge in [0.2, 0.25) is 11.8 Å². The molecular formula is C19H30N4O4. The summed E-state index contributed by atoms with van der Waals surface area (Å²) >= 11 is 0. The van der Waals surface area contributed by atoms with E-state index in [9.17, 15) is 19.2 Å². The molecule has 3 saturated heterocycles. The third-order valence-corrected chi connectivity index (χ3v) is 6.34. The molecule has 27 heavy (non-hydrogen) atoms. The Morgan fingerprint density at radius 2 is 1.85 bits per heavy atom. The number of nitrogens with zero attached hydrogens (tertiary/aromatic N) is 2. The number of imide groups is 1. The minimum Gasteiger partial charge on any atom is -0.343 e. The van der Waals surface area contributed by atoms with E-state index in [0.717, 1.165) is 25.8 Å². The predicted octanol–water partition coefficient (Wildman–Crippen LogP) is 1.01. The second-order valence-corrected chi connectivity index (χ2v) is 7.83. The molecule has 1 atom stereocenters. The highest BCUT2D eigenvalue weighted by molar-refractivity contribution is 6.07. The maximum absolute atomic E-state index is 12.6. The van der Waals surface area contributed by atoms with Crippen molar-refractivity contribution < 1.29 is 19.2 Å². The number of urea groups is 1. The monoisotopic (exact) mass is 378 g/mol. The normalized spacial score (nSPS) is 27.4. The van der Waals surface area contributed by atoms with Crippen LogP contribution >= 0.6 is 0 Å². The topological polar surface area (TPSA) is 98.8 Å². The molecule has 1 unspecified atom stereocenters. The van der Waals surface area contributed by atoms with Crippen molar-refractivity contribution in [2.75, 3.05) is 26.2 Å². The molecule has 3 aliphatic rings. The summed E-state index contributed by atoms with van der Waals surface area (Å²) in [7, 11) is 0. The van der Waals surface area contributed by atoms with Crippen molar-refractivity contribution in [1.82, 2.24) is 20.4 Å². The van der Waals surface area contributed by atoms with Gasteiger partial charge in [0.15, 0.2) is 0 Å². The van der Waals surface area contributed by atoms with E-state index >= 15 is 0 Å². The van der Waals surface area contributed by atoms with Crippen molar-refractivity contribution in [3.63, 3.8) is 0 Å². The first kappa shape index (κ1) is 19.6. The van der Waals surface area contributed by atoms with Crippen molar-refractivity contribution >= 4 is 23.8 Å². The number of nitrogens with one attached hydrogen (secondary N) is 2. The molecule has 0 aliphatic carbocycles. The van der Waals surface area contributed by atoms with E-state index in [-0.39, 0.29) is 23.6 Å². The molecule has 3 fully saturated rings. The van der Waals surface area contributed by atoms with Crippen molar-refractivity contribution in [2.45, 2.75) is 63.8 Å². The summed E-state index contributed by atoms with van der Waals surface area (Å²) in [5.41, 5.74) is -0.843. The summed E-state index contributed by atoms with van der Waals surface area (Å²) in [6.45, 7) is 4.32. The van der Waals surface area contributed by atoms with Gasteiger partial charge in [-0.25, -0.2) is 4.79 Å². The van der Waals surface area contributed by atoms with E-state index in [0.29, 0.717) is 51.7 Å². The van der Waals surface area contributed by atoms with Gasteiger partial charge in [0.05, 0.1) is 0 Å². The Hall–Kier alpha value is -2.12. The van der Waals surface area contributed by atoms with Crippen LogP contribution < -0.4 is 10.6 Å². The zero-order chi connectivity index (χ0) is 19.4. The minimum atomic E-state index is -0.843. The molecule has 2 N–H and O–H groups in total. The third kappa shape index (κ3) is 4.09. The maximum Gasteiger partial charge on any atom is 0.322 e. The van der Waals surface area contributed by atoms with Gasteiger partial charge in [0.1, 0.15) is 5.54 Å². The molecule has 5 amide bonds. The Bertz CT molecular complexity index is 615. The fourth-order valence-electron chi connectivity index (χ4n) is 4.62. The summed E-state index contributed by atoms with van der Waals surface area (Å²) in [6, 6.07) is -0.428. The van der Waals surface area contributed by atoms with Crippen molar-refractivity contribution in [1.29, 1.82) is 0 Å². The van der Waals surface area contributed by atoms with E-state index in [2.05, 4.69) is 10.6 Å². The van der Waals surface area contributed by atoms with Crippen molar-refractivity contribution in [3.05, 3.63) is 0 Å². The summed E-state index contributed by atoms with van der Waals surface area (Å²) < 4.78 is 0. The number of hydrogen-bond acceptors (Lipinski definition) is 4. The Labute approximate surface area is 160 Å². The average molecular weight is 378 g/mol. The quantitative estimate of drug-likeness (QED) is 0.698. The van der Waals surface area contributed by atoms with Crippen LogP contribution in [-0.2, 0) is 14.4 Å². The largest absolute Gasteiger partial charge is 0.343 e. The predicted molar refractivity (Wildman–Crippen MR) is 98.7 cm³/mol. The molecule has 0 aromatic heterocycles. The molecule has 0 bridgehead atoms. The van der Waals surface area contributed by atoms with E-state index in [1.165, 1.54) is 0 Å². The van der Waals surface area contributed by atoms with Crippen LogP contribution in [0.3, 0.4) is 0 Å². The number of carbonyl (C=O) groups excluding carboxylic acids is 4. The lowest BCUT2D eigenvalue weighted by Crippen LogP contribution is -2.56. The van der Waals surface area contributed by atoms with Crippen molar-refractivity contribution in [2.24, 2.45) is 5.92 Å². The molecule has 0 radical (unpaired) electrons. The number of hydrogen-bond donors (Lipinski definition) is 2. The summed E-state index contributed by atoms with van der Waals surface area (Å²) in [5.74, 6) is 0.00692. The fraction of sp³-hybridized carbons (Fsp3) is 0.789. The Morgan fingerprint density at radius 3 is 2.48 bits per heavy atom.